The Morgan fingerprint density at radius 3 is 2.16 bits per heavy atom. The number of rotatable bonds is 9. The van der Waals surface area contributed by atoms with Crippen LogP contribution in [0.3, 0.4) is 0 Å². The number of ether oxygens (including phenoxy) is 1. The molecule has 3 N–H and O–H groups in total. The molecule has 0 radical (unpaired) electrons. The number of fused-ring (bicyclic) bond motifs is 3. The van der Waals surface area contributed by atoms with Crippen molar-refractivity contribution in [3.05, 3.63) is 59.7 Å². The second kappa shape index (κ2) is 10.1. The number of carbonyl (C=O) groups excluding carboxylic acids is 2. The van der Waals surface area contributed by atoms with Crippen LogP contribution in [-0.2, 0) is 14.3 Å². The standard InChI is InChI=1S/C24H28N2O5/c1-3-21(23(28)29)26-22(27)15(2)12-13-25-24(30)31-14-20-18-10-6-4-8-16(18)17-9-5-7-11-19(17)20/h4-11,15,20-21H,3,12-14H2,1-2H3,(H,25,30)(H,26,27)(H,28,29)/t15?,21-/m0/s1. The summed E-state index contributed by atoms with van der Waals surface area (Å²) < 4.78 is 5.47. The molecule has 0 spiro atoms. The van der Waals surface area contributed by atoms with Gasteiger partial charge in [0.05, 0.1) is 0 Å². The second-order valence-corrected chi connectivity index (χ2v) is 7.75. The lowest BCUT2D eigenvalue weighted by Crippen LogP contribution is -2.43. The summed E-state index contributed by atoms with van der Waals surface area (Å²) in [5.74, 6) is -1.84. The van der Waals surface area contributed by atoms with E-state index in [0.717, 1.165) is 11.1 Å². The van der Waals surface area contributed by atoms with Crippen LogP contribution in [-0.4, -0.2) is 42.3 Å². The number of carboxylic acid groups (broad SMARTS) is 1. The molecular weight excluding hydrogens is 396 g/mol. The van der Waals surface area contributed by atoms with Crippen molar-refractivity contribution in [1.82, 2.24) is 10.6 Å². The fourth-order valence-electron chi connectivity index (χ4n) is 3.82. The Morgan fingerprint density at radius 1 is 1.03 bits per heavy atom. The summed E-state index contributed by atoms with van der Waals surface area (Å²) in [6.07, 6.45) is 0.157. The van der Waals surface area contributed by atoms with Crippen molar-refractivity contribution in [2.24, 2.45) is 5.92 Å². The third-order valence-electron chi connectivity index (χ3n) is 5.66. The Morgan fingerprint density at radius 2 is 1.61 bits per heavy atom. The number of hydrogen-bond donors (Lipinski definition) is 3. The lowest BCUT2D eigenvalue weighted by Gasteiger charge is -2.17. The number of amides is 2. The predicted molar refractivity (Wildman–Crippen MR) is 117 cm³/mol. The molecule has 31 heavy (non-hydrogen) atoms. The highest BCUT2D eigenvalue weighted by atomic mass is 16.5. The Bertz CT molecular complexity index is 913. The van der Waals surface area contributed by atoms with Gasteiger partial charge in [-0.25, -0.2) is 9.59 Å². The van der Waals surface area contributed by atoms with Crippen molar-refractivity contribution in [2.45, 2.75) is 38.6 Å². The van der Waals surface area contributed by atoms with Gasteiger partial charge in [-0.05, 0) is 35.1 Å². The zero-order chi connectivity index (χ0) is 22.4. The highest BCUT2D eigenvalue weighted by molar-refractivity contribution is 5.84. The number of nitrogens with one attached hydrogen (secondary N) is 2. The molecule has 1 unspecified atom stereocenters. The monoisotopic (exact) mass is 424 g/mol. The molecule has 0 aliphatic heterocycles. The minimum absolute atomic E-state index is 0.00940. The van der Waals surface area contributed by atoms with Gasteiger partial charge in [-0.3, -0.25) is 4.79 Å². The molecular formula is C24H28N2O5. The second-order valence-electron chi connectivity index (χ2n) is 7.75. The molecule has 3 rings (SSSR count). The normalized spacial score (nSPS) is 14.1. The van der Waals surface area contributed by atoms with Crippen LogP contribution in [0, 0.1) is 5.92 Å². The Hall–Kier alpha value is -3.35. The van der Waals surface area contributed by atoms with E-state index >= 15 is 0 Å². The maximum atomic E-state index is 12.2. The van der Waals surface area contributed by atoms with Crippen molar-refractivity contribution >= 4 is 18.0 Å². The van der Waals surface area contributed by atoms with Gasteiger partial charge >= 0.3 is 12.1 Å². The quantitative estimate of drug-likeness (QED) is 0.571. The van der Waals surface area contributed by atoms with Gasteiger partial charge in [0.15, 0.2) is 0 Å². The van der Waals surface area contributed by atoms with Crippen LogP contribution in [0.1, 0.15) is 43.7 Å². The Kier molecular flexibility index (Phi) is 7.28. The van der Waals surface area contributed by atoms with E-state index < -0.39 is 24.0 Å². The number of benzene rings is 2. The van der Waals surface area contributed by atoms with E-state index in [1.165, 1.54) is 11.1 Å². The van der Waals surface area contributed by atoms with Gasteiger partial charge in [-0.15, -0.1) is 0 Å². The molecule has 1 aliphatic carbocycles. The van der Waals surface area contributed by atoms with Crippen molar-refractivity contribution in [3.8, 4) is 11.1 Å². The molecule has 0 fully saturated rings. The van der Waals surface area contributed by atoms with Crippen LogP contribution in [0.15, 0.2) is 48.5 Å². The number of alkyl carbamates (subject to hydrolysis) is 1. The molecule has 164 valence electrons. The molecule has 0 saturated heterocycles. The molecule has 0 aromatic heterocycles. The molecule has 2 aromatic carbocycles. The molecule has 0 bridgehead atoms. The van der Waals surface area contributed by atoms with Crippen LogP contribution in [0.5, 0.6) is 0 Å². The molecule has 0 heterocycles. The first-order valence-corrected chi connectivity index (χ1v) is 10.5. The van der Waals surface area contributed by atoms with Gasteiger partial charge in [0.1, 0.15) is 12.6 Å². The summed E-state index contributed by atoms with van der Waals surface area (Å²) in [6.45, 7) is 3.88. The first-order chi connectivity index (χ1) is 14.9. The molecule has 2 atom stereocenters. The fourth-order valence-corrected chi connectivity index (χ4v) is 3.82. The first-order valence-electron chi connectivity index (χ1n) is 10.5. The van der Waals surface area contributed by atoms with E-state index in [9.17, 15) is 14.4 Å². The van der Waals surface area contributed by atoms with E-state index in [0.29, 0.717) is 12.8 Å². The van der Waals surface area contributed by atoms with Gasteiger partial charge in [-0.2, -0.15) is 0 Å². The van der Waals surface area contributed by atoms with Crippen LogP contribution in [0.4, 0.5) is 4.79 Å². The fraction of sp³-hybridized carbons (Fsp3) is 0.375. The number of carbonyl (C=O) groups is 3. The van der Waals surface area contributed by atoms with Gasteiger partial charge in [0.25, 0.3) is 0 Å². The highest BCUT2D eigenvalue weighted by Crippen LogP contribution is 2.44. The van der Waals surface area contributed by atoms with Gasteiger partial charge < -0.3 is 20.5 Å². The number of aliphatic carboxylic acids is 1. The SMILES string of the molecule is CC[C@H](NC(=O)C(C)CCNC(=O)OCC1c2ccccc2-c2ccccc21)C(=O)O. The van der Waals surface area contributed by atoms with Crippen molar-refractivity contribution < 1.29 is 24.2 Å². The van der Waals surface area contributed by atoms with Crippen LogP contribution in [0.25, 0.3) is 11.1 Å². The summed E-state index contributed by atoms with van der Waals surface area (Å²) in [4.78, 5) is 35.3. The topological polar surface area (TPSA) is 105 Å². The lowest BCUT2D eigenvalue weighted by atomic mass is 9.98. The van der Waals surface area contributed by atoms with Crippen LogP contribution < -0.4 is 10.6 Å². The molecule has 1 aliphatic rings. The maximum absolute atomic E-state index is 12.2. The summed E-state index contributed by atoms with van der Waals surface area (Å²) >= 11 is 0. The summed E-state index contributed by atoms with van der Waals surface area (Å²) in [7, 11) is 0. The predicted octanol–water partition coefficient (Wildman–Crippen LogP) is 3.53. The zero-order valence-electron chi connectivity index (χ0n) is 17.8. The molecule has 0 saturated carbocycles. The van der Waals surface area contributed by atoms with E-state index in [1.807, 2.05) is 24.3 Å². The van der Waals surface area contributed by atoms with E-state index in [4.69, 9.17) is 9.84 Å². The van der Waals surface area contributed by atoms with Crippen molar-refractivity contribution in [2.75, 3.05) is 13.2 Å². The summed E-state index contributed by atoms with van der Waals surface area (Å²) in [5.41, 5.74) is 4.62. The van der Waals surface area contributed by atoms with Gasteiger partial charge in [0, 0.05) is 18.4 Å². The van der Waals surface area contributed by atoms with E-state index in [1.54, 1.807) is 13.8 Å². The highest BCUT2D eigenvalue weighted by Gasteiger charge is 2.29. The molecule has 2 aromatic rings. The molecule has 7 nitrogen and oxygen atoms in total. The van der Waals surface area contributed by atoms with Crippen molar-refractivity contribution in [3.63, 3.8) is 0 Å². The number of carboxylic acids is 1. The van der Waals surface area contributed by atoms with E-state index in [-0.39, 0.29) is 25.0 Å². The van der Waals surface area contributed by atoms with Crippen LogP contribution >= 0.6 is 0 Å². The first kappa shape index (κ1) is 22.3. The smallest absolute Gasteiger partial charge is 0.407 e. The van der Waals surface area contributed by atoms with E-state index in [2.05, 4.69) is 34.9 Å². The third kappa shape index (κ3) is 5.23. The van der Waals surface area contributed by atoms with Crippen LogP contribution in [0.2, 0.25) is 0 Å². The largest absolute Gasteiger partial charge is 0.480 e. The zero-order valence-corrected chi connectivity index (χ0v) is 17.8. The Labute approximate surface area is 181 Å². The maximum Gasteiger partial charge on any atom is 0.407 e. The van der Waals surface area contributed by atoms with Gasteiger partial charge in [-0.1, -0.05) is 62.4 Å². The lowest BCUT2D eigenvalue weighted by molar-refractivity contribution is -0.142. The van der Waals surface area contributed by atoms with Crippen molar-refractivity contribution in [1.29, 1.82) is 0 Å². The molecule has 2 amide bonds. The van der Waals surface area contributed by atoms with Gasteiger partial charge in [0.2, 0.25) is 5.91 Å². The average molecular weight is 424 g/mol. The minimum Gasteiger partial charge on any atom is -0.480 e. The third-order valence-corrected chi connectivity index (χ3v) is 5.66. The Balaban J connectivity index is 1.47. The molecule has 7 heteroatoms. The summed E-state index contributed by atoms with van der Waals surface area (Å²) in [6, 6.07) is 15.3. The summed E-state index contributed by atoms with van der Waals surface area (Å²) in [5, 5.41) is 14.2. The minimum atomic E-state index is -1.06. The average Bonchev–Trinajstić information content (AvgIpc) is 3.09. The number of hydrogen-bond acceptors (Lipinski definition) is 4.